The number of pyridine rings is 1. The molecule has 3 heteroatoms. The highest BCUT2D eigenvalue weighted by molar-refractivity contribution is 5.75. The van der Waals surface area contributed by atoms with Crippen molar-refractivity contribution in [3.63, 3.8) is 0 Å². The number of aliphatic hydroxyl groups excluding tert-OH is 1. The lowest BCUT2D eigenvalue weighted by atomic mass is 10.3. The first kappa shape index (κ1) is 6.37. The van der Waals surface area contributed by atoms with Crippen molar-refractivity contribution in [2.24, 2.45) is 0 Å². The highest BCUT2D eigenvalue weighted by atomic mass is 16.3. The Balaban J connectivity index is 2.76. The van der Waals surface area contributed by atoms with E-state index in [1.54, 1.807) is 12.3 Å². The summed E-state index contributed by atoms with van der Waals surface area (Å²) >= 11 is 0. The topological polar surface area (TPSA) is 46.3 Å². The molecule has 2 aromatic heterocycles. The molecule has 0 amide bonds. The Hall–Kier alpha value is -1.35. The van der Waals surface area contributed by atoms with Gasteiger partial charge in [-0.25, -0.2) is 0 Å². The van der Waals surface area contributed by atoms with E-state index in [-0.39, 0.29) is 6.61 Å². The number of fused-ring (bicyclic) bond motifs is 1. The molecule has 0 saturated carbocycles. The summed E-state index contributed by atoms with van der Waals surface area (Å²) in [7, 11) is 0. The number of hydrogen-bond donors (Lipinski definition) is 1. The highest BCUT2D eigenvalue weighted by Crippen LogP contribution is 2.17. The quantitative estimate of drug-likeness (QED) is 0.665. The lowest BCUT2D eigenvalue weighted by Gasteiger charge is -1.87. The Morgan fingerprint density at radius 3 is 3.27 bits per heavy atom. The Kier molecular flexibility index (Phi) is 1.36. The van der Waals surface area contributed by atoms with Gasteiger partial charge in [-0.05, 0) is 12.1 Å². The van der Waals surface area contributed by atoms with Crippen molar-refractivity contribution in [3.8, 4) is 0 Å². The van der Waals surface area contributed by atoms with E-state index in [4.69, 9.17) is 9.52 Å². The zero-order chi connectivity index (χ0) is 7.68. The number of aromatic nitrogens is 1. The summed E-state index contributed by atoms with van der Waals surface area (Å²) < 4.78 is 5.12. The van der Waals surface area contributed by atoms with E-state index in [2.05, 4.69) is 4.98 Å². The summed E-state index contributed by atoms with van der Waals surface area (Å²) in [6.45, 7) is -0.0238. The molecule has 0 spiro atoms. The fourth-order valence-corrected chi connectivity index (χ4v) is 1.03. The van der Waals surface area contributed by atoms with Gasteiger partial charge in [0.05, 0.1) is 12.9 Å². The molecule has 0 saturated heterocycles. The SMILES string of the molecule is OCc1coc2cccnc12. The van der Waals surface area contributed by atoms with Crippen LogP contribution in [0.5, 0.6) is 0 Å². The van der Waals surface area contributed by atoms with Gasteiger partial charge in [0.1, 0.15) is 5.52 Å². The molecule has 2 rings (SSSR count). The smallest absolute Gasteiger partial charge is 0.152 e. The third kappa shape index (κ3) is 0.897. The molecule has 0 bridgehead atoms. The van der Waals surface area contributed by atoms with Gasteiger partial charge in [0, 0.05) is 11.8 Å². The maximum atomic E-state index is 8.82. The fourth-order valence-electron chi connectivity index (χ4n) is 1.03. The molecule has 56 valence electrons. The number of rotatable bonds is 1. The number of hydrogen-bond acceptors (Lipinski definition) is 3. The molecule has 1 N–H and O–H groups in total. The van der Waals surface area contributed by atoms with Crippen LogP contribution in [0.2, 0.25) is 0 Å². The molecule has 0 aliphatic rings. The van der Waals surface area contributed by atoms with Crippen molar-refractivity contribution < 1.29 is 9.52 Å². The predicted octanol–water partition coefficient (Wildman–Crippen LogP) is 1.32. The van der Waals surface area contributed by atoms with Crippen molar-refractivity contribution in [2.75, 3.05) is 0 Å². The van der Waals surface area contributed by atoms with Crippen molar-refractivity contribution in [2.45, 2.75) is 6.61 Å². The third-order valence-corrected chi connectivity index (χ3v) is 1.57. The average molecular weight is 149 g/mol. The van der Waals surface area contributed by atoms with Crippen molar-refractivity contribution in [1.29, 1.82) is 0 Å². The second-order valence-electron chi connectivity index (χ2n) is 2.27. The largest absolute Gasteiger partial charge is 0.462 e. The second-order valence-corrected chi connectivity index (χ2v) is 2.27. The minimum absolute atomic E-state index is 0.0238. The van der Waals surface area contributed by atoms with Gasteiger partial charge in [-0.3, -0.25) is 4.98 Å². The Morgan fingerprint density at radius 1 is 1.55 bits per heavy atom. The molecule has 2 heterocycles. The van der Waals surface area contributed by atoms with Gasteiger partial charge in [-0.15, -0.1) is 0 Å². The van der Waals surface area contributed by atoms with E-state index in [0.717, 1.165) is 16.7 Å². The lowest BCUT2D eigenvalue weighted by molar-refractivity contribution is 0.281. The molecule has 3 nitrogen and oxygen atoms in total. The summed E-state index contributed by atoms with van der Waals surface area (Å²) in [6, 6.07) is 3.62. The third-order valence-electron chi connectivity index (χ3n) is 1.57. The monoisotopic (exact) mass is 149 g/mol. The van der Waals surface area contributed by atoms with Crippen LogP contribution in [-0.4, -0.2) is 10.1 Å². The van der Waals surface area contributed by atoms with E-state index < -0.39 is 0 Å². The molecular weight excluding hydrogens is 142 g/mol. The predicted molar refractivity (Wildman–Crippen MR) is 39.9 cm³/mol. The summed E-state index contributed by atoms with van der Waals surface area (Å²) in [4.78, 5) is 4.06. The molecular formula is C8H7NO2. The fraction of sp³-hybridized carbons (Fsp3) is 0.125. The first-order chi connectivity index (χ1) is 5.42. The van der Waals surface area contributed by atoms with Crippen LogP contribution in [0.3, 0.4) is 0 Å². The molecule has 0 aromatic carbocycles. The van der Waals surface area contributed by atoms with E-state index in [1.807, 2.05) is 6.07 Å². The summed E-state index contributed by atoms with van der Waals surface area (Å²) in [6.07, 6.45) is 3.20. The summed E-state index contributed by atoms with van der Waals surface area (Å²) in [5.41, 5.74) is 2.20. The number of nitrogens with zero attached hydrogens (tertiary/aromatic N) is 1. The second kappa shape index (κ2) is 2.36. The van der Waals surface area contributed by atoms with Gasteiger partial charge in [0.2, 0.25) is 0 Å². The van der Waals surface area contributed by atoms with Crippen LogP contribution >= 0.6 is 0 Å². The van der Waals surface area contributed by atoms with Crippen molar-refractivity contribution >= 4 is 11.1 Å². The Labute approximate surface area is 63.3 Å². The number of furan rings is 1. The molecule has 0 radical (unpaired) electrons. The van der Waals surface area contributed by atoms with E-state index in [0.29, 0.717) is 0 Å². The van der Waals surface area contributed by atoms with Crippen LogP contribution in [0.4, 0.5) is 0 Å². The van der Waals surface area contributed by atoms with Gasteiger partial charge in [0.15, 0.2) is 5.58 Å². The van der Waals surface area contributed by atoms with Crippen LogP contribution in [0, 0.1) is 0 Å². The van der Waals surface area contributed by atoms with Crippen molar-refractivity contribution in [1.82, 2.24) is 4.98 Å². The lowest BCUT2D eigenvalue weighted by Crippen LogP contribution is -1.80. The highest BCUT2D eigenvalue weighted by Gasteiger charge is 2.03. The standard InChI is InChI=1S/C8H7NO2/c10-4-6-5-11-7-2-1-3-9-8(6)7/h1-3,5,10H,4H2. The molecule has 0 atom stereocenters. The van der Waals surface area contributed by atoms with Gasteiger partial charge in [0.25, 0.3) is 0 Å². The average Bonchev–Trinajstić information content (AvgIpc) is 2.47. The molecule has 0 unspecified atom stereocenters. The molecule has 0 aliphatic heterocycles. The minimum atomic E-state index is -0.0238. The summed E-state index contributed by atoms with van der Waals surface area (Å²) in [5, 5.41) is 8.82. The van der Waals surface area contributed by atoms with E-state index >= 15 is 0 Å². The van der Waals surface area contributed by atoms with Crippen LogP contribution in [0.15, 0.2) is 29.0 Å². The Morgan fingerprint density at radius 2 is 2.45 bits per heavy atom. The molecule has 2 aromatic rings. The van der Waals surface area contributed by atoms with Crippen LogP contribution < -0.4 is 0 Å². The molecule has 11 heavy (non-hydrogen) atoms. The van der Waals surface area contributed by atoms with Gasteiger partial charge < -0.3 is 9.52 Å². The zero-order valence-corrected chi connectivity index (χ0v) is 5.82. The van der Waals surface area contributed by atoms with Crippen LogP contribution in [0.1, 0.15) is 5.56 Å². The Bertz CT molecular complexity index is 367. The first-order valence-electron chi connectivity index (χ1n) is 3.34. The van der Waals surface area contributed by atoms with Crippen molar-refractivity contribution in [3.05, 3.63) is 30.2 Å². The van der Waals surface area contributed by atoms with E-state index in [9.17, 15) is 0 Å². The zero-order valence-electron chi connectivity index (χ0n) is 5.82. The van der Waals surface area contributed by atoms with E-state index in [1.165, 1.54) is 6.26 Å². The maximum absolute atomic E-state index is 8.82. The maximum Gasteiger partial charge on any atom is 0.152 e. The number of aliphatic hydroxyl groups is 1. The summed E-state index contributed by atoms with van der Waals surface area (Å²) in [5.74, 6) is 0. The van der Waals surface area contributed by atoms with Gasteiger partial charge >= 0.3 is 0 Å². The van der Waals surface area contributed by atoms with Crippen LogP contribution in [-0.2, 0) is 6.61 Å². The molecule has 0 aliphatic carbocycles. The molecule has 0 fully saturated rings. The normalized spacial score (nSPS) is 10.6. The van der Waals surface area contributed by atoms with Gasteiger partial charge in [-0.1, -0.05) is 0 Å². The first-order valence-corrected chi connectivity index (χ1v) is 3.34. The van der Waals surface area contributed by atoms with Crippen LogP contribution in [0.25, 0.3) is 11.1 Å². The minimum Gasteiger partial charge on any atom is -0.462 e. The van der Waals surface area contributed by atoms with Gasteiger partial charge in [-0.2, -0.15) is 0 Å².